The molecule has 1 saturated heterocycles. The van der Waals surface area contributed by atoms with Crippen LogP contribution in [0.4, 0.5) is 10.1 Å². The number of rotatable bonds is 5. The summed E-state index contributed by atoms with van der Waals surface area (Å²) in [5.41, 5.74) is 2.36. The first kappa shape index (κ1) is 17.9. The molecule has 136 valence electrons. The predicted octanol–water partition coefficient (Wildman–Crippen LogP) is 2.81. The molecule has 2 amide bonds. The Kier molecular flexibility index (Phi) is 5.21. The van der Waals surface area contributed by atoms with Crippen molar-refractivity contribution >= 4 is 17.5 Å². The van der Waals surface area contributed by atoms with Gasteiger partial charge in [0.05, 0.1) is 5.92 Å². The van der Waals surface area contributed by atoms with Crippen LogP contribution >= 0.6 is 0 Å². The zero-order valence-corrected chi connectivity index (χ0v) is 14.8. The number of anilines is 1. The van der Waals surface area contributed by atoms with Crippen molar-refractivity contribution in [1.82, 2.24) is 5.32 Å². The summed E-state index contributed by atoms with van der Waals surface area (Å²) in [6, 6.07) is 11.7. The van der Waals surface area contributed by atoms with Gasteiger partial charge in [-0.2, -0.15) is 0 Å². The Balaban J connectivity index is 1.69. The molecule has 1 atom stereocenters. The van der Waals surface area contributed by atoms with E-state index in [1.807, 2.05) is 13.0 Å². The molecule has 3 rings (SSSR count). The van der Waals surface area contributed by atoms with Crippen LogP contribution in [0.15, 0.2) is 42.5 Å². The average Bonchev–Trinajstić information content (AvgIpc) is 3.02. The first-order valence-electron chi connectivity index (χ1n) is 8.48. The highest BCUT2D eigenvalue weighted by Crippen LogP contribution is 2.29. The van der Waals surface area contributed by atoms with E-state index in [1.54, 1.807) is 36.2 Å². The van der Waals surface area contributed by atoms with Gasteiger partial charge in [-0.05, 0) is 48.4 Å². The molecule has 1 fully saturated rings. The van der Waals surface area contributed by atoms with Gasteiger partial charge in [0, 0.05) is 25.7 Å². The van der Waals surface area contributed by atoms with E-state index < -0.39 is 0 Å². The second-order valence-corrected chi connectivity index (χ2v) is 6.39. The number of nitrogens with one attached hydrogen (secondary N) is 1. The summed E-state index contributed by atoms with van der Waals surface area (Å²) in [6.07, 6.45) is 0.219. The number of hydrogen-bond acceptors (Lipinski definition) is 3. The molecule has 0 bridgehead atoms. The van der Waals surface area contributed by atoms with E-state index in [0.29, 0.717) is 12.3 Å². The van der Waals surface area contributed by atoms with Gasteiger partial charge in [-0.3, -0.25) is 9.59 Å². The van der Waals surface area contributed by atoms with Crippen LogP contribution in [0, 0.1) is 18.7 Å². The molecule has 1 heterocycles. The Labute approximate surface area is 151 Å². The van der Waals surface area contributed by atoms with E-state index in [4.69, 9.17) is 4.74 Å². The first-order chi connectivity index (χ1) is 12.5. The molecular formula is C20H21FN2O3. The third-order valence-corrected chi connectivity index (χ3v) is 4.50. The van der Waals surface area contributed by atoms with E-state index in [-0.39, 0.29) is 36.6 Å². The van der Waals surface area contributed by atoms with E-state index in [2.05, 4.69) is 5.32 Å². The molecule has 0 aromatic heterocycles. The van der Waals surface area contributed by atoms with Crippen molar-refractivity contribution in [3.8, 4) is 5.75 Å². The Hall–Kier alpha value is -2.89. The number of benzene rings is 2. The molecule has 0 aliphatic carbocycles. The average molecular weight is 356 g/mol. The third-order valence-electron chi connectivity index (χ3n) is 4.50. The fraction of sp³-hybridized carbons (Fsp3) is 0.300. The highest BCUT2D eigenvalue weighted by Gasteiger charge is 2.34. The molecule has 1 aliphatic heterocycles. The molecule has 2 aromatic carbocycles. The molecule has 1 aliphatic rings. The molecule has 5 nitrogen and oxygen atoms in total. The zero-order valence-electron chi connectivity index (χ0n) is 14.8. The molecule has 0 saturated carbocycles. The predicted molar refractivity (Wildman–Crippen MR) is 96.4 cm³/mol. The van der Waals surface area contributed by atoms with Crippen LogP contribution in [0.3, 0.4) is 0 Å². The van der Waals surface area contributed by atoms with Gasteiger partial charge in [-0.1, -0.05) is 12.1 Å². The fourth-order valence-electron chi connectivity index (χ4n) is 3.09. The smallest absolute Gasteiger partial charge is 0.227 e. The van der Waals surface area contributed by atoms with Gasteiger partial charge in [-0.15, -0.1) is 0 Å². The molecule has 0 spiro atoms. The van der Waals surface area contributed by atoms with Crippen molar-refractivity contribution in [3.63, 3.8) is 0 Å². The number of hydrogen-bond donors (Lipinski definition) is 1. The Morgan fingerprint density at radius 1 is 1.31 bits per heavy atom. The van der Waals surface area contributed by atoms with Gasteiger partial charge < -0.3 is 15.0 Å². The largest absolute Gasteiger partial charge is 0.489 e. The van der Waals surface area contributed by atoms with Gasteiger partial charge in [0.1, 0.15) is 18.2 Å². The normalized spacial score (nSPS) is 16.7. The SMILES string of the molecule is CNC(=O)C1CC(=O)N(c2ccc(OCc3cccc(F)c3)c(C)c2)C1. The van der Waals surface area contributed by atoms with Crippen molar-refractivity contribution in [2.24, 2.45) is 5.92 Å². The van der Waals surface area contributed by atoms with Crippen molar-refractivity contribution in [1.29, 1.82) is 0 Å². The molecule has 0 radical (unpaired) electrons. The van der Waals surface area contributed by atoms with Crippen LogP contribution in [0.2, 0.25) is 0 Å². The quantitative estimate of drug-likeness (QED) is 0.896. The Bertz CT molecular complexity index is 838. The first-order valence-corrected chi connectivity index (χ1v) is 8.48. The van der Waals surface area contributed by atoms with Gasteiger partial charge >= 0.3 is 0 Å². The van der Waals surface area contributed by atoms with E-state index in [0.717, 1.165) is 16.8 Å². The summed E-state index contributed by atoms with van der Waals surface area (Å²) in [7, 11) is 1.57. The number of nitrogens with zero attached hydrogens (tertiary/aromatic N) is 1. The van der Waals surface area contributed by atoms with Crippen molar-refractivity contribution in [2.45, 2.75) is 20.0 Å². The lowest BCUT2D eigenvalue weighted by atomic mass is 10.1. The molecule has 1 N–H and O–H groups in total. The minimum absolute atomic E-state index is 0.0635. The second kappa shape index (κ2) is 7.56. The monoisotopic (exact) mass is 356 g/mol. The standard InChI is InChI=1S/C20H21FN2O3/c1-13-8-17(23-11-15(10-19(23)24)20(25)22-2)6-7-18(13)26-12-14-4-3-5-16(21)9-14/h3-9,15H,10-12H2,1-2H3,(H,22,25). The number of aryl methyl sites for hydroxylation is 1. The molecule has 2 aromatic rings. The highest BCUT2D eigenvalue weighted by molar-refractivity contribution is 6.00. The summed E-state index contributed by atoms with van der Waals surface area (Å²) in [5.74, 6) is -0.125. The van der Waals surface area contributed by atoms with Gasteiger partial charge in [0.2, 0.25) is 11.8 Å². The number of amides is 2. The molecule has 6 heteroatoms. The van der Waals surface area contributed by atoms with E-state index in [1.165, 1.54) is 12.1 Å². The molecule has 26 heavy (non-hydrogen) atoms. The van der Waals surface area contributed by atoms with Crippen LogP contribution in [-0.2, 0) is 16.2 Å². The lowest BCUT2D eigenvalue weighted by Crippen LogP contribution is -2.30. The summed E-state index contributed by atoms with van der Waals surface area (Å²) in [5, 5.41) is 2.59. The van der Waals surface area contributed by atoms with Crippen LogP contribution in [0.1, 0.15) is 17.5 Å². The maximum Gasteiger partial charge on any atom is 0.227 e. The number of carbonyl (C=O) groups is 2. The Morgan fingerprint density at radius 2 is 2.12 bits per heavy atom. The lowest BCUT2D eigenvalue weighted by molar-refractivity contribution is -0.125. The maximum absolute atomic E-state index is 13.2. The van der Waals surface area contributed by atoms with Crippen LogP contribution in [0.5, 0.6) is 5.75 Å². The zero-order chi connectivity index (χ0) is 18.7. The summed E-state index contributed by atoms with van der Waals surface area (Å²) in [4.78, 5) is 25.6. The summed E-state index contributed by atoms with van der Waals surface area (Å²) >= 11 is 0. The lowest BCUT2D eigenvalue weighted by Gasteiger charge is -2.18. The number of ether oxygens (including phenoxy) is 1. The maximum atomic E-state index is 13.2. The molecular weight excluding hydrogens is 335 g/mol. The van der Waals surface area contributed by atoms with Crippen LogP contribution in [0.25, 0.3) is 0 Å². The minimum Gasteiger partial charge on any atom is -0.489 e. The topological polar surface area (TPSA) is 58.6 Å². The van der Waals surface area contributed by atoms with E-state index in [9.17, 15) is 14.0 Å². The minimum atomic E-state index is -0.322. The van der Waals surface area contributed by atoms with Gasteiger partial charge in [-0.25, -0.2) is 4.39 Å². The number of halogens is 1. The van der Waals surface area contributed by atoms with Gasteiger partial charge in [0.25, 0.3) is 0 Å². The van der Waals surface area contributed by atoms with Crippen LogP contribution < -0.4 is 15.0 Å². The van der Waals surface area contributed by atoms with Crippen molar-refractivity contribution in [3.05, 3.63) is 59.4 Å². The van der Waals surface area contributed by atoms with Gasteiger partial charge in [0.15, 0.2) is 0 Å². The Morgan fingerprint density at radius 3 is 2.81 bits per heavy atom. The third kappa shape index (κ3) is 3.85. The fourth-order valence-corrected chi connectivity index (χ4v) is 3.09. The van der Waals surface area contributed by atoms with Crippen molar-refractivity contribution < 1.29 is 18.7 Å². The summed E-state index contributed by atoms with van der Waals surface area (Å²) in [6.45, 7) is 2.53. The van der Waals surface area contributed by atoms with E-state index >= 15 is 0 Å². The summed E-state index contributed by atoms with van der Waals surface area (Å²) < 4.78 is 19.0. The second-order valence-electron chi connectivity index (χ2n) is 6.39. The number of carbonyl (C=O) groups excluding carboxylic acids is 2. The van der Waals surface area contributed by atoms with Crippen LogP contribution in [-0.4, -0.2) is 25.4 Å². The van der Waals surface area contributed by atoms with Crippen molar-refractivity contribution in [2.75, 3.05) is 18.5 Å². The molecule has 1 unspecified atom stereocenters. The highest BCUT2D eigenvalue weighted by atomic mass is 19.1.